The number of piperidine rings is 1. The molecule has 1 atom stereocenters. The number of rotatable bonds is 6. The highest BCUT2D eigenvalue weighted by Crippen LogP contribution is 2.23. The van der Waals surface area contributed by atoms with Gasteiger partial charge in [0.15, 0.2) is 5.78 Å². The SMILES string of the molecule is CSc1ccc(C(=O)[C@H]2CCCN(CCC(=O)N3CCCC3)C2)cc1. The summed E-state index contributed by atoms with van der Waals surface area (Å²) in [6.45, 7) is 4.42. The van der Waals surface area contributed by atoms with Crippen LogP contribution in [0.1, 0.15) is 42.5 Å². The molecule has 0 unspecified atom stereocenters. The van der Waals surface area contributed by atoms with Gasteiger partial charge in [0.1, 0.15) is 0 Å². The smallest absolute Gasteiger partial charge is 0.223 e. The van der Waals surface area contributed by atoms with Gasteiger partial charge in [0.05, 0.1) is 0 Å². The Bertz CT molecular complexity index is 596. The first kappa shape index (κ1) is 18.5. The lowest BCUT2D eigenvalue weighted by molar-refractivity contribution is -0.130. The van der Waals surface area contributed by atoms with Gasteiger partial charge < -0.3 is 9.80 Å². The summed E-state index contributed by atoms with van der Waals surface area (Å²) in [5.74, 6) is 0.595. The maximum absolute atomic E-state index is 12.8. The minimum atomic E-state index is 0.0655. The standard InChI is InChI=1S/C20H28N2O2S/c1-25-18-8-6-16(7-9-18)20(24)17-5-4-11-21(15-17)14-10-19(23)22-12-2-3-13-22/h6-9,17H,2-5,10-15H2,1H3/t17-/m0/s1. The highest BCUT2D eigenvalue weighted by atomic mass is 32.2. The van der Waals surface area contributed by atoms with Crippen LogP contribution in [0.5, 0.6) is 0 Å². The molecule has 0 radical (unpaired) electrons. The van der Waals surface area contributed by atoms with E-state index >= 15 is 0 Å². The highest BCUT2D eigenvalue weighted by molar-refractivity contribution is 7.98. The minimum absolute atomic E-state index is 0.0655. The Morgan fingerprint density at radius 3 is 2.48 bits per heavy atom. The lowest BCUT2D eigenvalue weighted by Crippen LogP contribution is -2.41. The first-order chi connectivity index (χ1) is 12.2. The number of likely N-dealkylation sites (tertiary alicyclic amines) is 2. The van der Waals surface area contributed by atoms with E-state index in [0.29, 0.717) is 6.42 Å². The summed E-state index contributed by atoms with van der Waals surface area (Å²) >= 11 is 1.69. The van der Waals surface area contributed by atoms with Crippen molar-refractivity contribution in [3.05, 3.63) is 29.8 Å². The summed E-state index contributed by atoms with van der Waals surface area (Å²) in [6.07, 6.45) is 6.90. The van der Waals surface area contributed by atoms with Crippen LogP contribution >= 0.6 is 11.8 Å². The fourth-order valence-electron chi connectivity index (χ4n) is 3.84. The van der Waals surface area contributed by atoms with Crippen molar-refractivity contribution in [1.29, 1.82) is 0 Å². The summed E-state index contributed by atoms with van der Waals surface area (Å²) < 4.78 is 0. The Hall–Kier alpha value is -1.33. The van der Waals surface area contributed by atoms with E-state index in [9.17, 15) is 9.59 Å². The van der Waals surface area contributed by atoms with Gasteiger partial charge in [0.25, 0.3) is 0 Å². The fourth-order valence-corrected chi connectivity index (χ4v) is 4.25. The Labute approximate surface area is 154 Å². The molecule has 5 heteroatoms. The molecule has 2 aliphatic heterocycles. The van der Waals surface area contributed by atoms with E-state index in [-0.39, 0.29) is 17.6 Å². The van der Waals surface area contributed by atoms with Gasteiger partial charge in [-0.25, -0.2) is 0 Å². The van der Waals surface area contributed by atoms with Gasteiger partial charge in [-0.05, 0) is 50.6 Å². The molecule has 0 N–H and O–H groups in total. The summed E-state index contributed by atoms with van der Waals surface area (Å²) in [5, 5.41) is 0. The molecule has 0 aliphatic carbocycles. The van der Waals surface area contributed by atoms with Gasteiger partial charge >= 0.3 is 0 Å². The molecule has 2 heterocycles. The van der Waals surface area contributed by atoms with E-state index in [2.05, 4.69) is 4.90 Å². The molecule has 4 nitrogen and oxygen atoms in total. The number of hydrogen-bond donors (Lipinski definition) is 0. The number of Topliss-reactive ketones (excluding diaryl/α,β-unsaturated/α-hetero) is 1. The van der Waals surface area contributed by atoms with Gasteiger partial charge in [0, 0.05) is 49.0 Å². The second-order valence-corrected chi connectivity index (χ2v) is 7.95. The molecule has 1 amide bonds. The van der Waals surface area contributed by atoms with Crippen LogP contribution in [0, 0.1) is 5.92 Å². The summed E-state index contributed by atoms with van der Waals surface area (Å²) in [7, 11) is 0. The van der Waals surface area contributed by atoms with Crippen LogP contribution in [0.25, 0.3) is 0 Å². The molecular weight excluding hydrogens is 332 g/mol. The zero-order valence-corrected chi connectivity index (χ0v) is 15.9. The number of ketones is 1. The molecular formula is C20H28N2O2S. The van der Waals surface area contributed by atoms with E-state index in [0.717, 1.165) is 64.0 Å². The van der Waals surface area contributed by atoms with Crippen molar-refractivity contribution in [2.75, 3.05) is 39.0 Å². The molecule has 2 saturated heterocycles. The first-order valence-corrected chi connectivity index (χ1v) is 10.6. The summed E-state index contributed by atoms with van der Waals surface area (Å²) in [6, 6.07) is 7.94. The maximum Gasteiger partial charge on any atom is 0.223 e. The fraction of sp³-hybridized carbons (Fsp3) is 0.600. The topological polar surface area (TPSA) is 40.6 Å². The van der Waals surface area contributed by atoms with Crippen molar-refractivity contribution in [3.8, 4) is 0 Å². The van der Waals surface area contributed by atoms with Crippen molar-refractivity contribution in [1.82, 2.24) is 9.80 Å². The highest BCUT2D eigenvalue weighted by Gasteiger charge is 2.27. The number of thioether (sulfide) groups is 1. The van der Waals surface area contributed by atoms with Crippen LogP contribution < -0.4 is 0 Å². The van der Waals surface area contributed by atoms with Crippen LogP contribution in [-0.4, -0.2) is 60.5 Å². The molecule has 1 aromatic carbocycles. The minimum Gasteiger partial charge on any atom is -0.343 e. The van der Waals surface area contributed by atoms with Crippen LogP contribution in [0.3, 0.4) is 0 Å². The van der Waals surface area contributed by atoms with Gasteiger partial charge in [-0.15, -0.1) is 11.8 Å². The molecule has 0 spiro atoms. The third kappa shape index (κ3) is 4.85. The van der Waals surface area contributed by atoms with Gasteiger partial charge in [-0.2, -0.15) is 0 Å². The lowest BCUT2D eigenvalue weighted by Gasteiger charge is -2.32. The van der Waals surface area contributed by atoms with Crippen LogP contribution in [-0.2, 0) is 4.79 Å². The van der Waals surface area contributed by atoms with Crippen molar-refractivity contribution >= 4 is 23.5 Å². The normalized spacial score (nSPS) is 21.5. The summed E-state index contributed by atoms with van der Waals surface area (Å²) in [5.41, 5.74) is 0.817. The van der Waals surface area contributed by atoms with Gasteiger partial charge in [-0.3, -0.25) is 9.59 Å². The Morgan fingerprint density at radius 2 is 1.80 bits per heavy atom. The Morgan fingerprint density at radius 1 is 1.08 bits per heavy atom. The molecule has 2 fully saturated rings. The number of carbonyl (C=O) groups is 2. The van der Waals surface area contributed by atoms with Crippen LogP contribution in [0.2, 0.25) is 0 Å². The molecule has 0 aromatic heterocycles. The zero-order valence-electron chi connectivity index (χ0n) is 15.1. The number of nitrogens with zero attached hydrogens (tertiary/aromatic N) is 2. The van der Waals surface area contributed by atoms with Gasteiger partial charge in [0.2, 0.25) is 5.91 Å². The molecule has 25 heavy (non-hydrogen) atoms. The number of benzene rings is 1. The van der Waals surface area contributed by atoms with Crippen molar-refractivity contribution < 1.29 is 9.59 Å². The monoisotopic (exact) mass is 360 g/mol. The molecule has 0 saturated carbocycles. The molecule has 0 bridgehead atoms. The Balaban J connectivity index is 1.51. The second-order valence-electron chi connectivity index (χ2n) is 7.07. The van der Waals surface area contributed by atoms with E-state index in [1.807, 2.05) is 35.4 Å². The average molecular weight is 361 g/mol. The van der Waals surface area contributed by atoms with E-state index in [1.54, 1.807) is 11.8 Å². The Kier molecular flexibility index (Phi) is 6.54. The van der Waals surface area contributed by atoms with E-state index in [1.165, 1.54) is 4.90 Å². The average Bonchev–Trinajstić information content (AvgIpc) is 3.21. The van der Waals surface area contributed by atoms with Crippen molar-refractivity contribution in [2.24, 2.45) is 5.92 Å². The zero-order chi connectivity index (χ0) is 17.6. The molecule has 3 rings (SSSR count). The predicted octanol–water partition coefficient (Wildman–Crippen LogP) is 3.32. The van der Waals surface area contributed by atoms with E-state index < -0.39 is 0 Å². The van der Waals surface area contributed by atoms with Crippen LogP contribution in [0.4, 0.5) is 0 Å². The lowest BCUT2D eigenvalue weighted by atomic mass is 9.90. The quantitative estimate of drug-likeness (QED) is 0.576. The molecule has 2 aliphatic rings. The number of hydrogen-bond acceptors (Lipinski definition) is 4. The van der Waals surface area contributed by atoms with Crippen LogP contribution in [0.15, 0.2) is 29.2 Å². The third-order valence-corrected chi connectivity index (χ3v) is 6.10. The first-order valence-electron chi connectivity index (χ1n) is 9.36. The van der Waals surface area contributed by atoms with Crippen molar-refractivity contribution in [2.45, 2.75) is 37.0 Å². The van der Waals surface area contributed by atoms with Crippen molar-refractivity contribution in [3.63, 3.8) is 0 Å². The second kappa shape index (κ2) is 8.86. The molecule has 136 valence electrons. The van der Waals surface area contributed by atoms with E-state index in [4.69, 9.17) is 0 Å². The predicted molar refractivity (Wildman–Crippen MR) is 102 cm³/mol. The third-order valence-electron chi connectivity index (χ3n) is 5.35. The summed E-state index contributed by atoms with van der Waals surface area (Å²) in [4.78, 5) is 30.5. The molecule has 1 aromatic rings. The largest absolute Gasteiger partial charge is 0.343 e. The van der Waals surface area contributed by atoms with Gasteiger partial charge in [-0.1, -0.05) is 12.1 Å². The number of carbonyl (C=O) groups excluding carboxylic acids is 2. The number of amides is 1. The maximum atomic E-state index is 12.8.